The Kier molecular flexibility index (Phi) is 3.58. The summed E-state index contributed by atoms with van der Waals surface area (Å²) in [5, 5.41) is 3.34. The Balaban J connectivity index is 2.13. The molecular formula is C12H19N5. The minimum Gasteiger partial charge on any atom is -0.368 e. The van der Waals surface area contributed by atoms with Gasteiger partial charge in [0.05, 0.1) is 11.8 Å². The van der Waals surface area contributed by atoms with Gasteiger partial charge in [-0.25, -0.2) is 9.97 Å². The van der Waals surface area contributed by atoms with Crippen LogP contribution in [0.1, 0.15) is 13.3 Å². The molecule has 92 valence electrons. The van der Waals surface area contributed by atoms with Crippen LogP contribution >= 0.6 is 0 Å². The van der Waals surface area contributed by atoms with Crippen LogP contribution in [0, 0.1) is 5.92 Å². The van der Waals surface area contributed by atoms with Crippen molar-refractivity contribution < 1.29 is 0 Å². The number of pyridine rings is 1. The smallest absolute Gasteiger partial charge is 0.154 e. The number of imidazole rings is 1. The molecule has 0 aliphatic carbocycles. The van der Waals surface area contributed by atoms with E-state index < -0.39 is 0 Å². The van der Waals surface area contributed by atoms with E-state index in [-0.39, 0.29) is 0 Å². The molecule has 0 bridgehead atoms. The van der Waals surface area contributed by atoms with Crippen LogP contribution < -0.4 is 11.1 Å². The standard InChI is InChI=1S/C12H19N5/c1-9(3-5-13)7-15-12-11-10(4-6-14-12)17(2)8-16-11/h4,6,8-9H,3,5,7,13H2,1-2H3,(H,14,15). The second kappa shape index (κ2) is 5.14. The molecule has 0 radical (unpaired) electrons. The molecule has 0 amide bonds. The highest BCUT2D eigenvalue weighted by Crippen LogP contribution is 2.18. The maximum Gasteiger partial charge on any atom is 0.154 e. The first-order chi connectivity index (χ1) is 8.22. The molecule has 0 saturated heterocycles. The zero-order valence-electron chi connectivity index (χ0n) is 10.3. The van der Waals surface area contributed by atoms with Gasteiger partial charge < -0.3 is 15.6 Å². The number of aromatic nitrogens is 3. The number of nitrogens with one attached hydrogen (secondary N) is 1. The van der Waals surface area contributed by atoms with Crippen LogP contribution in [0.15, 0.2) is 18.6 Å². The molecule has 2 heterocycles. The Morgan fingerprint density at radius 3 is 3.06 bits per heavy atom. The highest BCUT2D eigenvalue weighted by atomic mass is 15.1. The summed E-state index contributed by atoms with van der Waals surface area (Å²) in [7, 11) is 1.98. The number of hydrogen-bond donors (Lipinski definition) is 2. The highest BCUT2D eigenvalue weighted by Gasteiger charge is 2.07. The van der Waals surface area contributed by atoms with E-state index in [0.717, 1.165) is 36.4 Å². The lowest BCUT2D eigenvalue weighted by Gasteiger charge is -2.12. The number of hydrogen-bond acceptors (Lipinski definition) is 4. The second-order valence-electron chi connectivity index (χ2n) is 4.45. The Hall–Kier alpha value is -1.62. The summed E-state index contributed by atoms with van der Waals surface area (Å²) in [6.45, 7) is 3.78. The van der Waals surface area contributed by atoms with Crippen LogP contribution in [-0.4, -0.2) is 27.6 Å². The highest BCUT2D eigenvalue weighted by molar-refractivity contribution is 5.85. The van der Waals surface area contributed by atoms with Crippen LogP contribution in [-0.2, 0) is 7.05 Å². The molecular weight excluding hydrogens is 214 g/mol. The van der Waals surface area contributed by atoms with E-state index in [1.165, 1.54) is 0 Å². The molecule has 2 rings (SSSR count). The third kappa shape index (κ3) is 2.55. The second-order valence-corrected chi connectivity index (χ2v) is 4.45. The fourth-order valence-corrected chi connectivity index (χ4v) is 1.85. The van der Waals surface area contributed by atoms with E-state index >= 15 is 0 Å². The lowest BCUT2D eigenvalue weighted by atomic mass is 10.1. The minimum absolute atomic E-state index is 0.542. The largest absolute Gasteiger partial charge is 0.368 e. The SMILES string of the molecule is CC(CCN)CNc1nccc2c1ncn2C. The normalized spacial score (nSPS) is 12.9. The quantitative estimate of drug-likeness (QED) is 0.818. The Labute approximate surface area is 101 Å². The summed E-state index contributed by atoms with van der Waals surface area (Å²) >= 11 is 0. The van der Waals surface area contributed by atoms with E-state index in [1.54, 1.807) is 12.5 Å². The minimum atomic E-state index is 0.542. The maximum atomic E-state index is 5.53. The molecule has 0 spiro atoms. The molecule has 0 saturated carbocycles. The molecule has 2 aromatic rings. The molecule has 0 aliphatic heterocycles. The van der Waals surface area contributed by atoms with Gasteiger partial charge in [-0.1, -0.05) is 6.92 Å². The van der Waals surface area contributed by atoms with Crippen LogP contribution in [0.4, 0.5) is 5.82 Å². The van der Waals surface area contributed by atoms with Gasteiger partial charge in [-0.3, -0.25) is 0 Å². The summed E-state index contributed by atoms with van der Waals surface area (Å²) in [5.41, 5.74) is 7.55. The van der Waals surface area contributed by atoms with Gasteiger partial charge in [0.1, 0.15) is 5.52 Å². The Morgan fingerprint density at radius 2 is 2.29 bits per heavy atom. The molecule has 0 aromatic carbocycles. The number of nitrogens with zero attached hydrogens (tertiary/aromatic N) is 3. The van der Waals surface area contributed by atoms with Crippen molar-refractivity contribution in [3.8, 4) is 0 Å². The summed E-state index contributed by atoms with van der Waals surface area (Å²) in [4.78, 5) is 8.69. The number of aryl methyl sites for hydroxylation is 1. The first kappa shape index (κ1) is 11.9. The van der Waals surface area contributed by atoms with Crippen molar-refractivity contribution >= 4 is 16.9 Å². The van der Waals surface area contributed by atoms with Gasteiger partial charge in [-0.2, -0.15) is 0 Å². The van der Waals surface area contributed by atoms with Gasteiger partial charge in [-0.15, -0.1) is 0 Å². The zero-order valence-corrected chi connectivity index (χ0v) is 10.3. The van der Waals surface area contributed by atoms with Gasteiger partial charge in [0.2, 0.25) is 0 Å². The van der Waals surface area contributed by atoms with E-state index in [0.29, 0.717) is 5.92 Å². The van der Waals surface area contributed by atoms with E-state index in [9.17, 15) is 0 Å². The molecule has 17 heavy (non-hydrogen) atoms. The lowest BCUT2D eigenvalue weighted by molar-refractivity contribution is 0.568. The maximum absolute atomic E-state index is 5.53. The van der Waals surface area contributed by atoms with Crippen molar-refractivity contribution in [1.29, 1.82) is 0 Å². The topological polar surface area (TPSA) is 68.8 Å². The molecule has 3 N–H and O–H groups in total. The fourth-order valence-electron chi connectivity index (χ4n) is 1.85. The number of nitrogens with two attached hydrogens (primary N) is 1. The first-order valence-electron chi connectivity index (χ1n) is 5.92. The Morgan fingerprint density at radius 1 is 1.47 bits per heavy atom. The van der Waals surface area contributed by atoms with Gasteiger partial charge >= 0.3 is 0 Å². The van der Waals surface area contributed by atoms with Crippen LogP contribution in [0.3, 0.4) is 0 Å². The van der Waals surface area contributed by atoms with E-state index in [1.807, 2.05) is 17.7 Å². The third-order valence-corrected chi connectivity index (χ3v) is 2.92. The zero-order chi connectivity index (χ0) is 12.3. The van der Waals surface area contributed by atoms with Gasteiger partial charge in [0, 0.05) is 19.8 Å². The fraction of sp³-hybridized carbons (Fsp3) is 0.500. The molecule has 5 heteroatoms. The van der Waals surface area contributed by atoms with Crippen molar-refractivity contribution in [3.63, 3.8) is 0 Å². The number of anilines is 1. The molecule has 2 aromatic heterocycles. The van der Waals surface area contributed by atoms with Gasteiger partial charge in [0.25, 0.3) is 0 Å². The predicted molar refractivity (Wildman–Crippen MR) is 69.8 cm³/mol. The van der Waals surface area contributed by atoms with E-state index in [2.05, 4.69) is 22.2 Å². The average molecular weight is 233 g/mol. The van der Waals surface area contributed by atoms with Crippen molar-refractivity contribution in [2.24, 2.45) is 18.7 Å². The summed E-state index contributed by atoms with van der Waals surface area (Å²) in [6, 6.07) is 1.97. The average Bonchev–Trinajstić information content (AvgIpc) is 2.70. The summed E-state index contributed by atoms with van der Waals surface area (Å²) in [6.07, 6.45) is 4.63. The van der Waals surface area contributed by atoms with Crippen LogP contribution in [0.25, 0.3) is 11.0 Å². The molecule has 1 atom stereocenters. The summed E-state index contributed by atoms with van der Waals surface area (Å²) < 4.78 is 1.99. The van der Waals surface area contributed by atoms with Crippen molar-refractivity contribution in [2.75, 3.05) is 18.4 Å². The number of fused-ring (bicyclic) bond motifs is 1. The molecule has 0 fully saturated rings. The number of rotatable bonds is 5. The molecule has 5 nitrogen and oxygen atoms in total. The van der Waals surface area contributed by atoms with Gasteiger partial charge in [-0.05, 0) is 24.9 Å². The predicted octanol–water partition coefficient (Wildman–Crippen LogP) is 1.37. The lowest BCUT2D eigenvalue weighted by Crippen LogP contribution is -2.15. The Bertz CT molecular complexity index is 491. The van der Waals surface area contributed by atoms with Crippen LogP contribution in [0.5, 0.6) is 0 Å². The van der Waals surface area contributed by atoms with E-state index in [4.69, 9.17) is 5.73 Å². The molecule has 1 unspecified atom stereocenters. The van der Waals surface area contributed by atoms with Crippen LogP contribution in [0.2, 0.25) is 0 Å². The third-order valence-electron chi connectivity index (χ3n) is 2.92. The van der Waals surface area contributed by atoms with Gasteiger partial charge in [0.15, 0.2) is 5.82 Å². The van der Waals surface area contributed by atoms with Crippen molar-refractivity contribution in [1.82, 2.24) is 14.5 Å². The monoisotopic (exact) mass is 233 g/mol. The van der Waals surface area contributed by atoms with Crippen molar-refractivity contribution in [2.45, 2.75) is 13.3 Å². The summed E-state index contributed by atoms with van der Waals surface area (Å²) in [5.74, 6) is 1.40. The van der Waals surface area contributed by atoms with Crippen molar-refractivity contribution in [3.05, 3.63) is 18.6 Å². The molecule has 0 aliphatic rings. The first-order valence-corrected chi connectivity index (χ1v) is 5.92.